The van der Waals surface area contributed by atoms with E-state index in [0.29, 0.717) is 22.8 Å². The van der Waals surface area contributed by atoms with Gasteiger partial charge in [-0.05, 0) is 49.4 Å². The maximum atomic E-state index is 12.7. The lowest BCUT2D eigenvalue weighted by Crippen LogP contribution is -2.46. The average Bonchev–Trinajstić information content (AvgIpc) is 3.05. The fraction of sp³-hybridized carbons (Fsp3) is 0.550. The van der Waals surface area contributed by atoms with E-state index in [2.05, 4.69) is 29.4 Å². The third-order valence-corrected chi connectivity index (χ3v) is 6.76. The number of nitrogen functional groups attached to an aromatic ring is 1. The molecule has 7 nitrogen and oxygen atoms in total. The number of thioether (sulfide) groups is 1. The van der Waals surface area contributed by atoms with Crippen LogP contribution >= 0.6 is 11.8 Å². The van der Waals surface area contributed by atoms with Gasteiger partial charge in [-0.25, -0.2) is 4.68 Å². The van der Waals surface area contributed by atoms with Gasteiger partial charge >= 0.3 is 0 Å². The van der Waals surface area contributed by atoms with E-state index in [1.807, 2.05) is 31.2 Å². The molecule has 3 N–H and O–H groups in total. The van der Waals surface area contributed by atoms with Gasteiger partial charge in [0.1, 0.15) is 5.75 Å². The van der Waals surface area contributed by atoms with Crippen LogP contribution in [0.2, 0.25) is 0 Å². The fourth-order valence-corrected chi connectivity index (χ4v) is 4.37. The Labute approximate surface area is 170 Å². The first kappa shape index (κ1) is 20.5. The Hall–Kier alpha value is -2.22. The van der Waals surface area contributed by atoms with Crippen molar-refractivity contribution in [3.8, 4) is 17.1 Å². The van der Waals surface area contributed by atoms with Crippen LogP contribution in [0.3, 0.4) is 0 Å². The van der Waals surface area contributed by atoms with Gasteiger partial charge in [-0.2, -0.15) is 0 Å². The van der Waals surface area contributed by atoms with Gasteiger partial charge in [0.2, 0.25) is 11.1 Å². The number of carbonyl (C=O) groups is 1. The second kappa shape index (κ2) is 8.86. The van der Waals surface area contributed by atoms with E-state index in [9.17, 15) is 4.79 Å². The summed E-state index contributed by atoms with van der Waals surface area (Å²) in [5, 5.41) is 11.8. The van der Waals surface area contributed by atoms with Gasteiger partial charge in [0.25, 0.3) is 0 Å². The highest BCUT2D eigenvalue weighted by Crippen LogP contribution is 2.30. The van der Waals surface area contributed by atoms with Crippen molar-refractivity contribution in [1.82, 2.24) is 20.2 Å². The standard InChI is InChI=1S/C20H29N5O2S/c1-12-6-5-7-17(13(12)2)22-19(26)14(3)28-20-24-23-18(25(20)21)15-8-10-16(27-4)11-9-15/h8-14,17H,5-7,21H2,1-4H3,(H,22,26)/t12-,13+,14+,17+/m0/s1. The quantitative estimate of drug-likeness (QED) is 0.568. The average molecular weight is 404 g/mol. The molecule has 28 heavy (non-hydrogen) atoms. The van der Waals surface area contributed by atoms with Crippen molar-refractivity contribution in [1.29, 1.82) is 0 Å². The number of amides is 1. The third kappa shape index (κ3) is 4.43. The first-order valence-electron chi connectivity index (χ1n) is 9.72. The van der Waals surface area contributed by atoms with E-state index in [4.69, 9.17) is 10.6 Å². The lowest BCUT2D eigenvalue weighted by atomic mass is 9.78. The third-order valence-electron chi connectivity index (χ3n) is 5.70. The zero-order chi connectivity index (χ0) is 20.3. The maximum absolute atomic E-state index is 12.7. The van der Waals surface area contributed by atoms with Crippen LogP contribution in [0.4, 0.5) is 0 Å². The smallest absolute Gasteiger partial charge is 0.233 e. The second-order valence-electron chi connectivity index (χ2n) is 7.55. The molecule has 152 valence electrons. The number of carbonyl (C=O) groups excluding carboxylic acids is 1. The molecule has 2 aromatic rings. The molecule has 1 heterocycles. The molecule has 0 unspecified atom stereocenters. The summed E-state index contributed by atoms with van der Waals surface area (Å²) in [6.45, 7) is 6.36. The lowest BCUT2D eigenvalue weighted by Gasteiger charge is -2.35. The predicted octanol–water partition coefficient (Wildman–Crippen LogP) is 3.09. The molecule has 0 saturated heterocycles. The normalized spacial score (nSPS) is 23.2. The highest BCUT2D eigenvalue weighted by atomic mass is 32.2. The highest BCUT2D eigenvalue weighted by molar-refractivity contribution is 8.00. The molecule has 1 aliphatic carbocycles. The number of hydrogen-bond acceptors (Lipinski definition) is 6. The number of rotatable bonds is 6. The monoisotopic (exact) mass is 403 g/mol. The van der Waals surface area contributed by atoms with Crippen LogP contribution in [-0.4, -0.2) is 39.2 Å². The molecule has 1 aromatic heterocycles. The molecule has 8 heteroatoms. The first-order chi connectivity index (χ1) is 13.4. The summed E-state index contributed by atoms with van der Waals surface area (Å²) >= 11 is 1.32. The molecular weight excluding hydrogens is 374 g/mol. The number of ether oxygens (including phenoxy) is 1. The van der Waals surface area contributed by atoms with E-state index in [-0.39, 0.29) is 17.2 Å². The van der Waals surface area contributed by atoms with E-state index in [1.165, 1.54) is 29.3 Å². The SMILES string of the molecule is COc1ccc(-c2nnc(S[C@H](C)C(=O)N[C@@H]3CCC[C@H](C)[C@H]3C)n2N)cc1. The van der Waals surface area contributed by atoms with Crippen molar-refractivity contribution < 1.29 is 9.53 Å². The van der Waals surface area contributed by atoms with Crippen molar-refractivity contribution in [2.75, 3.05) is 13.0 Å². The highest BCUT2D eigenvalue weighted by Gasteiger charge is 2.30. The Kier molecular flexibility index (Phi) is 6.49. The van der Waals surface area contributed by atoms with Crippen molar-refractivity contribution in [3.63, 3.8) is 0 Å². The van der Waals surface area contributed by atoms with Crippen molar-refractivity contribution in [2.24, 2.45) is 11.8 Å². The van der Waals surface area contributed by atoms with Gasteiger partial charge in [-0.15, -0.1) is 10.2 Å². The number of hydrogen-bond donors (Lipinski definition) is 2. The molecule has 1 aromatic carbocycles. The number of nitrogens with one attached hydrogen (secondary N) is 1. The summed E-state index contributed by atoms with van der Waals surface area (Å²) in [6.07, 6.45) is 3.45. The van der Waals surface area contributed by atoms with E-state index >= 15 is 0 Å². The van der Waals surface area contributed by atoms with Gasteiger partial charge in [-0.3, -0.25) is 4.79 Å². The summed E-state index contributed by atoms with van der Waals surface area (Å²) in [4.78, 5) is 12.7. The van der Waals surface area contributed by atoms with Gasteiger partial charge in [0, 0.05) is 11.6 Å². The van der Waals surface area contributed by atoms with Crippen LogP contribution in [0.5, 0.6) is 5.75 Å². The molecule has 1 fully saturated rings. The van der Waals surface area contributed by atoms with Gasteiger partial charge in [0.15, 0.2) is 5.82 Å². The minimum Gasteiger partial charge on any atom is -0.497 e. The molecule has 0 spiro atoms. The fourth-order valence-electron chi connectivity index (χ4n) is 3.59. The molecule has 4 atom stereocenters. The minimum atomic E-state index is -0.306. The number of benzene rings is 1. The van der Waals surface area contributed by atoms with Gasteiger partial charge in [-0.1, -0.05) is 38.5 Å². The second-order valence-corrected chi connectivity index (χ2v) is 8.86. The summed E-state index contributed by atoms with van der Waals surface area (Å²) in [6, 6.07) is 7.69. The van der Waals surface area contributed by atoms with Crippen molar-refractivity contribution in [3.05, 3.63) is 24.3 Å². The molecule has 3 rings (SSSR count). The number of methoxy groups -OCH3 is 1. The van der Waals surface area contributed by atoms with E-state index in [1.54, 1.807) is 7.11 Å². The molecule has 1 amide bonds. The Morgan fingerprint density at radius 3 is 2.68 bits per heavy atom. The molecule has 1 saturated carbocycles. The van der Waals surface area contributed by atoms with Crippen LogP contribution in [0, 0.1) is 11.8 Å². The summed E-state index contributed by atoms with van der Waals surface area (Å²) in [7, 11) is 1.62. The van der Waals surface area contributed by atoms with Crippen LogP contribution in [-0.2, 0) is 4.79 Å². The number of aromatic nitrogens is 3. The van der Waals surface area contributed by atoms with Crippen LogP contribution < -0.4 is 15.9 Å². The first-order valence-corrected chi connectivity index (χ1v) is 10.6. The van der Waals surface area contributed by atoms with Crippen molar-refractivity contribution in [2.45, 2.75) is 56.5 Å². The topological polar surface area (TPSA) is 95.1 Å². The van der Waals surface area contributed by atoms with Crippen molar-refractivity contribution >= 4 is 17.7 Å². The Morgan fingerprint density at radius 2 is 2.00 bits per heavy atom. The van der Waals surface area contributed by atoms with Gasteiger partial charge < -0.3 is 15.9 Å². The summed E-state index contributed by atoms with van der Waals surface area (Å²) < 4.78 is 6.61. The van der Waals surface area contributed by atoms with E-state index < -0.39 is 0 Å². The van der Waals surface area contributed by atoms with Crippen LogP contribution in [0.25, 0.3) is 11.4 Å². The minimum absolute atomic E-state index is 0.0185. The Morgan fingerprint density at radius 1 is 1.29 bits per heavy atom. The lowest BCUT2D eigenvalue weighted by molar-refractivity contribution is -0.121. The molecule has 0 radical (unpaired) electrons. The predicted molar refractivity (Wildman–Crippen MR) is 112 cm³/mol. The van der Waals surface area contributed by atoms with Gasteiger partial charge in [0.05, 0.1) is 12.4 Å². The Balaban J connectivity index is 1.64. The Bertz CT molecular complexity index is 807. The molecule has 0 bridgehead atoms. The summed E-state index contributed by atoms with van der Waals surface area (Å²) in [5.74, 6) is 8.65. The van der Waals surface area contributed by atoms with Crippen LogP contribution in [0.1, 0.15) is 40.0 Å². The number of nitrogens with zero attached hydrogens (tertiary/aromatic N) is 3. The summed E-state index contributed by atoms with van der Waals surface area (Å²) in [5.41, 5.74) is 0.838. The molecule has 0 aliphatic heterocycles. The molecular formula is C20H29N5O2S. The maximum Gasteiger partial charge on any atom is 0.233 e. The largest absolute Gasteiger partial charge is 0.497 e. The zero-order valence-corrected chi connectivity index (χ0v) is 17.7. The van der Waals surface area contributed by atoms with E-state index in [0.717, 1.165) is 17.7 Å². The molecule has 1 aliphatic rings. The zero-order valence-electron chi connectivity index (χ0n) is 16.9. The number of nitrogens with two attached hydrogens (primary N) is 1. The van der Waals surface area contributed by atoms with Crippen LogP contribution in [0.15, 0.2) is 29.4 Å².